The molecule has 26 heavy (non-hydrogen) atoms. The molecule has 0 spiro atoms. The Bertz CT molecular complexity index is 696. The average molecular weight is 357 g/mol. The highest BCUT2D eigenvalue weighted by molar-refractivity contribution is 6.01. The summed E-state index contributed by atoms with van der Waals surface area (Å²) in [7, 11) is 1.57. The van der Waals surface area contributed by atoms with E-state index in [1.165, 1.54) is 0 Å². The van der Waals surface area contributed by atoms with E-state index >= 15 is 0 Å². The van der Waals surface area contributed by atoms with Crippen molar-refractivity contribution < 1.29 is 14.4 Å². The van der Waals surface area contributed by atoms with Crippen LogP contribution in [0.5, 0.6) is 0 Å². The predicted molar refractivity (Wildman–Crippen MR) is 100 cm³/mol. The Morgan fingerprint density at radius 3 is 2.73 bits per heavy atom. The second-order valence-electron chi connectivity index (χ2n) is 7.32. The third-order valence-corrected chi connectivity index (χ3v) is 5.60. The van der Waals surface area contributed by atoms with Crippen LogP contribution in [0.4, 0.5) is 5.69 Å². The molecule has 2 aliphatic rings. The Hall–Kier alpha value is -2.37. The van der Waals surface area contributed by atoms with Crippen LogP contribution < -0.4 is 10.2 Å². The minimum absolute atomic E-state index is 0.110. The SMILES string of the molecule is CNC(=O)CCC(C=O)N1Cc2c(cccc2N2CCC(C)CC2)C1=O. The molecule has 0 bridgehead atoms. The molecule has 1 saturated heterocycles. The number of aldehydes is 1. The second kappa shape index (κ2) is 7.89. The fourth-order valence-electron chi connectivity index (χ4n) is 3.85. The highest BCUT2D eigenvalue weighted by Gasteiger charge is 2.35. The van der Waals surface area contributed by atoms with Gasteiger partial charge in [0.2, 0.25) is 5.91 Å². The van der Waals surface area contributed by atoms with Gasteiger partial charge in [-0.15, -0.1) is 0 Å². The Balaban J connectivity index is 1.78. The normalized spacial score (nSPS) is 18.6. The summed E-state index contributed by atoms with van der Waals surface area (Å²) in [6.45, 7) is 4.71. The predicted octanol–water partition coefficient (Wildman–Crippen LogP) is 1.97. The van der Waals surface area contributed by atoms with Crippen molar-refractivity contribution in [1.29, 1.82) is 0 Å². The number of benzene rings is 1. The van der Waals surface area contributed by atoms with Gasteiger partial charge in [-0.3, -0.25) is 9.59 Å². The molecule has 6 heteroatoms. The Morgan fingerprint density at radius 2 is 2.08 bits per heavy atom. The van der Waals surface area contributed by atoms with Crippen LogP contribution in [0.15, 0.2) is 18.2 Å². The first kappa shape index (κ1) is 18.4. The summed E-state index contributed by atoms with van der Waals surface area (Å²) >= 11 is 0. The van der Waals surface area contributed by atoms with E-state index in [0.29, 0.717) is 18.5 Å². The second-order valence-corrected chi connectivity index (χ2v) is 7.32. The van der Waals surface area contributed by atoms with E-state index in [1.807, 2.05) is 12.1 Å². The molecule has 2 aliphatic heterocycles. The standard InChI is InChI=1S/C20H27N3O3/c1-14-8-10-22(11-9-14)18-5-3-4-16-17(18)12-23(20(16)26)15(13-24)6-7-19(25)21-2/h3-5,13-15H,6-12H2,1-2H3,(H,21,25). The van der Waals surface area contributed by atoms with Crippen LogP contribution in [0, 0.1) is 5.92 Å². The molecule has 2 amide bonds. The van der Waals surface area contributed by atoms with Crippen LogP contribution >= 0.6 is 0 Å². The summed E-state index contributed by atoms with van der Waals surface area (Å²) in [6, 6.07) is 5.27. The van der Waals surface area contributed by atoms with Crippen LogP contribution in [-0.4, -0.2) is 49.2 Å². The average Bonchev–Trinajstić information content (AvgIpc) is 3.00. The third-order valence-electron chi connectivity index (χ3n) is 5.60. The molecule has 1 aromatic rings. The Labute approximate surface area is 154 Å². The number of nitrogens with zero attached hydrogens (tertiary/aromatic N) is 2. The molecule has 1 aromatic carbocycles. The van der Waals surface area contributed by atoms with E-state index in [0.717, 1.165) is 49.4 Å². The maximum Gasteiger partial charge on any atom is 0.255 e. The highest BCUT2D eigenvalue weighted by Crippen LogP contribution is 2.34. The monoisotopic (exact) mass is 357 g/mol. The van der Waals surface area contributed by atoms with Crippen LogP contribution in [0.3, 0.4) is 0 Å². The van der Waals surface area contributed by atoms with Crippen LogP contribution in [0.25, 0.3) is 0 Å². The van der Waals surface area contributed by atoms with Gasteiger partial charge in [0, 0.05) is 49.9 Å². The van der Waals surface area contributed by atoms with Crippen LogP contribution in [0.1, 0.15) is 48.5 Å². The molecule has 0 radical (unpaired) electrons. The molecule has 1 fully saturated rings. The van der Waals surface area contributed by atoms with E-state index < -0.39 is 6.04 Å². The Morgan fingerprint density at radius 1 is 1.35 bits per heavy atom. The molecule has 2 heterocycles. The van der Waals surface area contributed by atoms with Gasteiger partial charge in [-0.05, 0) is 37.3 Å². The molecule has 1 atom stereocenters. The maximum atomic E-state index is 12.8. The number of carbonyl (C=O) groups excluding carboxylic acids is 3. The molecule has 140 valence electrons. The number of anilines is 1. The zero-order chi connectivity index (χ0) is 18.7. The van der Waals surface area contributed by atoms with Crippen molar-refractivity contribution in [2.75, 3.05) is 25.0 Å². The fourth-order valence-corrected chi connectivity index (χ4v) is 3.85. The van der Waals surface area contributed by atoms with E-state index in [4.69, 9.17) is 0 Å². The number of hydrogen-bond acceptors (Lipinski definition) is 4. The summed E-state index contributed by atoms with van der Waals surface area (Å²) in [4.78, 5) is 39.9. The van der Waals surface area contributed by atoms with Crippen molar-refractivity contribution in [2.24, 2.45) is 5.92 Å². The zero-order valence-corrected chi connectivity index (χ0v) is 15.5. The van der Waals surface area contributed by atoms with E-state index in [-0.39, 0.29) is 18.2 Å². The van der Waals surface area contributed by atoms with Gasteiger partial charge in [-0.1, -0.05) is 13.0 Å². The minimum Gasteiger partial charge on any atom is -0.371 e. The fraction of sp³-hybridized carbons (Fsp3) is 0.550. The first-order valence-corrected chi connectivity index (χ1v) is 9.38. The van der Waals surface area contributed by atoms with Gasteiger partial charge in [0.25, 0.3) is 5.91 Å². The molecule has 0 aliphatic carbocycles. The maximum absolute atomic E-state index is 12.8. The first-order valence-electron chi connectivity index (χ1n) is 9.38. The number of piperidine rings is 1. The summed E-state index contributed by atoms with van der Waals surface area (Å²) < 4.78 is 0. The lowest BCUT2D eigenvalue weighted by Crippen LogP contribution is -2.37. The van der Waals surface area contributed by atoms with Gasteiger partial charge in [-0.2, -0.15) is 0 Å². The Kier molecular flexibility index (Phi) is 5.59. The number of fused-ring (bicyclic) bond motifs is 1. The van der Waals surface area contributed by atoms with Crippen molar-refractivity contribution in [3.05, 3.63) is 29.3 Å². The van der Waals surface area contributed by atoms with Gasteiger partial charge in [0.05, 0.1) is 6.04 Å². The highest BCUT2D eigenvalue weighted by atomic mass is 16.2. The number of carbonyl (C=O) groups is 3. The first-order chi connectivity index (χ1) is 12.5. The summed E-state index contributed by atoms with van der Waals surface area (Å²) in [6.07, 6.45) is 3.68. The van der Waals surface area contributed by atoms with E-state index in [9.17, 15) is 14.4 Å². The molecular formula is C20H27N3O3. The quantitative estimate of drug-likeness (QED) is 0.791. The van der Waals surface area contributed by atoms with Crippen molar-refractivity contribution in [2.45, 2.75) is 45.2 Å². The van der Waals surface area contributed by atoms with E-state index in [1.54, 1.807) is 11.9 Å². The molecular weight excluding hydrogens is 330 g/mol. The third kappa shape index (κ3) is 3.59. The van der Waals surface area contributed by atoms with Crippen molar-refractivity contribution in [3.8, 4) is 0 Å². The lowest BCUT2D eigenvalue weighted by atomic mass is 9.97. The van der Waals surface area contributed by atoms with E-state index in [2.05, 4.69) is 23.2 Å². The minimum atomic E-state index is -0.568. The topological polar surface area (TPSA) is 69.7 Å². The van der Waals surface area contributed by atoms with Gasteiger partial charge in [0.1, 0.15) is 6.29 Å². The number of nitrogens with one attached hydrogen (secondary N) is 1. The molecule has 0 saturated carbocycles. The molecule has 1 N–H and O–H groups in total. The summed E-state index contributed by atoms with van der Waals surface area (Å²) in [5.74, 6) is 0.510. The van der Waals surface area contributed by atoms with Gasteiger partial charge < -0.3 is 19.9 Å². The van der Waals surface area contributed by atoms with Crippen molar-refractivity contribution >= 4 is 23.8 Å². The number of rotatable bonds is 6. The lowest BCUT2D eigenvalue weighted by Gasteiger charge is -2.33. The summed E-state index contributed by atoms with van der Waals surface area (Å²) in [5, 5.41) is 2.55. The van der Waals surface area contributed by atoms with Gasteiger partial charge in [0.15, 0.2) is 0 Å². The molecule has 6 nitrogen and oxygen atoms in total. The largest absolute Gasteiger partial charge is 0.371 e. The van der Waals surface area contributed by atoms with Gasteiger partial charge in [-0.25, -0.2) is 0 Å². The zero-order valence-electron chi connectivity index (χ0n) is 15.5. The van der Waals surface area contributed by atoms with Gasteiger partial charge >= 0.3 is 0 Å². The molecule has 3 rings (SSSR count). The van der Waals surface area contributed by atoms with Crippen LogP contribution in [0.2, 0.25) is 0 Å². The molecule has 0 aromatic heterocycles. The number of hydrogen-bond donors (Lipinski definition) is 1. The summed E-state index contributed by atoms with van der Waals surface area (Å²) in [5.41, 5.74) is 2.81. The smallest absolute Gasteiger partial charge is 0.255 e. The van der Waals surface area contributed by atoms with Crippen LogP contribution in [-0.2, 0) is 16.1 Å². The van der Waals surface area contributed by atoms with Crippen molar-refractivity contribution in [1.82, 2.24) is 10.2 Å². The van der Waals surface area contributed by atoms with Crippen molar-refractivity contribution in [3.63, 3.8) is 0 Å². The lowest BCUT2D eigenvalue weighted by molar-refractivity contribution is -0.121. The number of amides is 2. The molecule has 1 unspecified atom stereocenters.